The maximum absolute atomic E-state index is 13.1. The van der Waals surface area contributed by atoms with E-state index in [0.29, 0.717) is 12.8 Å². The second-order valence-electron chi connectivity index (χ2n) is 5.25. The van der Waals surface area contributed by atoms with Gasteiger partial charge >= 0.3 is 0 Å². The normalized spacial score (nSPS) is 19.9. The smallest absolute Gasteiger partial charge is 0.248 e. The lowest BCUT2D eigenvalue weighted by molar-refractivity contribution is -0.0410. The van der Waals surface area contributed by atoms with E-state index in [-0.39, 0.29) is 18.8 Å². The van der Waals surface area contributed by atoms with Gasteiger partial charge in [0.1, 0.15) is 5.52 Å². The van der Waals surface area contributed by atoms with Gasteiger partial charge in [-0.1, -0.05) is 28.1 Å². The minimum Gasteiger partial charge on any atom is -0.443 e. The van der Waals surface area contributed by atoms with E-state index in [4.69, 9.17) is 4.42 Å². The first-order chi connectivity index (χ1) is 9.53. The van der Waals surface area contributed by atoms with E-state index in [1.54, 1.807) is 0 Å². The molecule has 0 saturated heterocycles. The fourth-order valence-electron chi connectivity index (χ4n) is 2.58. The maximum Gasteiger partial charge on any atom is 0.248 e. The largest absolute Gasteiger partial charge is 0.443 e. The molecule has 1 saturated carbocycles. The molecule has 0 unspecified atom stereocenters. The minimum absolute atomic E-state index is 0.0157. The van der Waals surface area contributed by atoms with Crippen LogP contribution in [0.1, 0.15) is 31.2 Å². The van der Waals surface area contributed by atoms with Crippen molar-refractivity contribution in [3.8, 4) is 0 Å². The highest BCUT2D eigenvalue weighted by Crippen LogP contribution is 2.37. The van der Waals surface area contributed by atoms with E-state index in [1.807, 2.05) is 24.3 Å². The van der Waals surface area contributed by atoms with Gasteiger partial charge in [0, 0.05) is 22.9 Å². The number of fused-ring (bicyclic) bond motifs is 1. The Morgan fingerprint density at radius 1 is 1.30 bits per heavy atom. The van der Waals surface area contributed by atoms with Crippen molar-refractivity contribution in [2.24, 2.45) is 5.92 Å². The Kier molecular flexibility index (Phi) is 3.63. The van der Waals surface area contributed by atoms with Crippen molar-refractivity contribution < 1.29 is 13.2 Å². The summed E-state index contributed by atoms with van der Waals surface area (Å²) in [6.07, 6.45) is 6.42. The number of benzene rings is 1. The molecule has 20 heavy (non-hydrogen) atoms. The van der Waals surface area contributed by atoms with Gasteiger partial charge in [-0.05, 0) is 30.9 Å². The average molecular weight is 342 g/mol. The molecule has 0 spiro atoms. The number of alkyl halides is 2. The number of hydrogen-bond acceptors (Lipinski definition) is 2. The second kappa shape index (κ2) is 5.28. The standard InChI is InChI=1S/C15H14BrF2NO/c16-12-7-11(14-13(8-12)19-9-20-14)2-1-10-3-5-15(17,18)6-4-10/h1-2,7-10H,3-6H2. The summed E-state index contributed by atoms with van der Waals surface area (Å²) < 4.78 is 32.5. The first-order valence-electron chi connectivity index (χ1n) is 6.62. The predicted molar refractivity (Wildman–Crippen MR) is 77.6 cm³/mol. The van der Waals surface area contributed by atoms with Crippen LogP contribution in [0, 0.1) is 5.92 Å². The van der Waals surface area contributed by atoms with Crippen LogP contribution in [0.25, 0.3) is 17.2 Å². The molecule has 1 heterocycles. The van der Waals surface area contributed by atoms with Crippen LogP contribution in [-0.2, 0) is 0 Å². The summed E-state index contributed by atoms with van der Waals surface area (Å²) in [5.41, 5.74) is 2.43. The van der Waals surface area contributed by atoms with Crippen LogP contribution in [0.15, 0.2) is 33.5 Å². The van der Waals surface area contributed by atoms with E-state index < -0.39 is 5.92 Å². The molecule has 0 amide bonds. The van der Waals surface area contributed by atoms with Crippen LogP contribution in [0.4, 0.5) is 8.78 Å². The van der Waals surface area contributed by atoms with Crippen molar-refractivity contribution in [1.82, 2.24) is 4.98 Å². The van der Waals surface area contributed by atoms with Crippen molar-refractivity contribution in [2.75, 3.05) is 0 Å². The van der Waals surface area contributed by atoms with E-state index in [1.165, 1.54) is 6.39 Å². The molecule has 1 aromatic heterocycles. The van der Waals surface area contributed by atoms with Crippen LogP contribution in [-0.4, -0.2) is 10.9 Å². The van der Waals surface area contributed by atoms with Crippen LogP contribution in [0.5, 0.6) is 0 Å². The molecular formula is C15H14BrF2NO. The third-order valence-corrected chi connectivity index (χ3v) is 4.19. The zero-order chi connectivity index (χ0) is 14.2. The van der Waals surface area contributed by atoms with E-state index >= 15 is 0 Å². The SMILES string of the molecule is FC1(F)CCC(C=Cc2cc(Br)cc3ncoc23)CC1. The first-order valence-corrected chi connectivity index (χ1v) is 7.42. The lowest BCUT2D eigenvalue weighted by Gasteiger charge is -2.26. The zero-order valence-electron chi connectivity index (χ0n) is 10.8. The summed E-state index contributed by atoms with van der Waals surface area (Å²) in [5.74, 6) is -2.26. The Labute approximate surface area is 124 Å². The van der Waals surface area contributed by atoms with Gasteiger partial charge in [-0.3, -0.25) is 0 Å². The Bertz CT molecular complexity index is 640. The van der Waals surface area contributed by atoms with Gasteiger partial charge in [0.25, 0.3) is 0 Å². The molecule has 1 fully saturated rings. The highest BCUT2D eigenvalue weighted by Gasteiger charge is 2.33. The highest BCUT2D eigenvalue weighted by atomic mass is 79.9. The molecule has 5 heteroatoms. The molecule has 1 aliphatic carbocycles. The number of oxazole rings is 1. The molecule has 0 atom stereocenters. The fourth-order valence-corrected chi connectivity index (χ4v) is 3.04. The monoisotopic (exact) mass is 341 g/mol. The number of halogens is 3. The third kappa shape index (κ3) is 2.92. The quantitative estimate of drug-likeness (QED) is 0.727. The summed E-state index contributed by atoms with van der Waals surface area (Å²) >= 11 is 3.43. The molecule has 0 aliphatic heterocycles. The van der Waals surface area contributed by atoms with Crippen LogP contribution in [0.3, 0.4) is 0 Å². The van der Waals surface area contributed by atoms with Crippen LogP contribution < -0.4 is 0 Å². The van der Waals surface area contributed by atoms with Crippen LogP contribution in [0.2, 0.25) is 0 Å². The van der Waals surface area contributed by atoms with Crippen molar-refractivity contribution in [3.05, 3.63) is 34.6 Å². The lowest BCUT2D eigenvalue weighted by Crippen LogP contribution is -2.23. The number of nitrogens with zero attached hydrogens (tertiary/aromatic N) is 1. The number of allylic oxidation sites excluding steroid dienone is 1. The minimum atomic E-state index is -2.47. The van der Waals surface area contributed by atoms with Crippen molar-refractivity contribution in [2.45, 2.75) is 31.6 Å². The van der Waals surface area contributed by atoms with Gasteiger partial charge in [-0.2, -0.15) is 0 Å². The van der Waals surface area contributed by atoms with Gasteiger partial charge in [0.2, 0.25) is 5.92 Å². The molecule has 106 valence electrons. The second-order valence-corrected chi connectivity index (χ2v) is 6.16. The van der Waals surface area contributed by atoms with E-state index in [2.05, 4.69) is 20.9 Å². The number of hydrogen-bond donors (Lipinski definition) is 0. The summed E-state index contributed by atoms with van der Waals surface area (Å²) in [5, 5.41) is 0. The van der Waals surface area contributed by atoms with E-state index in [0.717, 1.165) is 21.1 Å². The molecule has 2 aromatic rings. The fraction of sp³-hybridized carbons (Fsp3) is 0.400. The molecular weight excluding hydrogens is 328 g/mol. The molecule has 1 aliphatic rings. The Morgan fingerprint density at radius 3 is 2.80 bits per heavy atom. The summed E-state index contributed by atoms with van der Waals surface area (Å²) in [4.78, 5) is 4.12. The van der Waals surface area contributed by atoms with Crippen molar-refractivity contribution >= 4 is 33.1 Å². The topological polar surface area (TPSA) is 26.0 Å². The Morgan fingerprint density at radius 2 is 2.05 bits per heavy atom. The van der Waals surface area contributed by atoms with Gasteiger partial charge < -0.3 is 4.42 Å². The first kappa shape index (κ1) is 13.7. The predicted octanol–water partition coefficient (Wildman–Crippen LogP) is 5.43. The van der Waals surface area contributed by atoms with Gasteiger partial charge in [0.05, 0.1) is 0 Å². The average Bonchev–Trinajstić information content (AvgIpc) is 2.85. The van der Waals surface area contributed by atoms with Crippen molar-refractivity contribution in [1.29, 1.82) is 0 Å². The summed E-state index contributed by atoms with van der Waals surface area (Å²) in [7, 11) is 0. The molecule has 3 rings (SSSR count). The summed E-state index contributed by atoms with van der Waals surface area (Å²) in [6.45, 7) is 0. The Balaban J connectivity index is 1.79. The molecule has 0 N–H and O–H groups in total. The van der Waals surface area contributed by atoms with Crippen molar-refractivity contribution in [3.63, 3.8) is 0 Å². The number of rotatable bonds is 2. The maximum atomic E-state index is 13.1. The Hall–Kier alpha value is -1.23. The highest BCUT2D eigenvalue weighted by molar-refractivity contribution is 9.10. The van der Waals surface area contributed by atoms with Gasteiger partial charge in [-0.15, -0.1) is 0 Å². The molecule has 1 aromatic carbocycles. The third-order valence-electron chi connectivity index (χ3n) is 3.73. The van der Waals surface area contributed by atoms with Gasteiger partial charge in [0.15, 0.2) is 12.0 Å². The molecule has 0 radical (unpaired) electrons. The lowest BCUT2D eigenvalue weighted by atomic mass is 9.86. The van der Waals surface area contributed by atoms with Gasteiger partial charge in [-0.25, -0.2) is 13.8 Å². The van der Waals surface area contributed by atoms with Crippen LogP contribution >= 0.6 is 15.9 Å². The van der Waals surface area contributed by atoms with E-state index in [9.17, 15) is 8.78 Å². The molecule has 0 bridgehead atoms. The molecule has 2 nitrogen and oxygen atoms in total. The summed E-state index contributed by atoms with van der Waals surface area (Å²) in [6, 6.07) is 3.83. The number of aromatic nitrogens is 1. The zero-order valence-corrected chi connectivity index (χ0v) is 12.4.